The van der Waals surface area contributed by atoms with E-state index in [4.69, 9.17) is 17.0 Å². The number of carbonyl (C=O) groups is 1. The molecule has 0 radical (unpaired) electrons. The van der Waals surface area contributed by atoms with Crippen LogP contribution >= 0.6 is 27.4 Å². The number of aromatic carboxylic acids is 1. The van der Waals surface area contributed by atoms with Gasteiger partial charge in [0.25, 0.3) is 5.17 Å². The summed E-state index contributed by atoms with van der Waals surface area (Å²) < 4.78 is 45.5. The van der Waals surface area contributed by atoms with Crippen molar-refractivity contribution in [1.82, 2.24) is 9.47 Å². The Bertz CT molecular complexity index is 1660. The van der Waals surface area contributed by atoms with Gasteiger partial charge in [-0.1, -0.05) is 12.1 Å². The monoisotopic (exact) mass is 643 g/mol. The standard InChI is InChI=1S/C25H28FN3O10P2S/c1-2-27-14-18(24(31)32)23(30)17-12-19(26)21(13-20(17)27)28-7-9-29(10-8-28)25(42)39-16-5-3-15(4-6-16)11-22(40(33,34)35)41(36,37)38/h3-6,12-14,22H,2,7-11H2,1H3,(H,31,32)(H2,33,34,35)(H2,36,37,38). The van der Waals surface area contributed by atoms with Crippen LogP contribution in [-0.2, 0) is 22.1 Å². The van der Waals surface area contributed by atoms with Gasteiger partial charge >= 0.3 is 21.2 Å². The van der Waals surface area contributed by atoms with Crippen molar-refractivity contribution in [3.8, 4) is 5.75 Å². The second-order valence-corrected chi connectivity index (χ2v) is 14.0. The van der Waals surface area contributed by atoms with E-state index in [9.17, 15) is 43.4 Å². The van der Waals surface area contributed by atoms with Crippen molar-refractivity contribution < 1.29 is 47.7 Å². The van der Waals surface area contributed by atoms with E-state index in [1.807, 2.05) is 0 Å². The smallest absolute Gasteiger partial charge is 0.341 e. The number of hydrogen-bond acceptors (Lipinski definition) is 7. The molecule has 0 unspecified atom stereocenters. The fourth-order valence-corrected chi connectivity index (χ4v) is 7.43. The third-order valence-electron chi connectivity index (χ3n) is 6.92. The maximum Gasteiger partial charge on any atom is 0.341 e. The topological polar surface area (TPSA) is 190 Å². The molecule has 0 aliphatic carbocycles. The first-order valence-corrected chi connectivity index (χ1v) is 16.4. The summed E-state index contributed by atoms with van der Waals surface area (Å²) in [4.78, 5) is 64.9. The minimum absolute atomic E-state index is 0.0174. The summed E-state index contributed by atoms with van der Waals surface area (Å²) in [6.07, 6.45) is 0.713. The predicted octanol–water partition coefficient (Wildman–Crippen LogP) is 2.57. The lowest BCUT2D eigenvalue weighted by Crippen LogP contribution is -2.49. The lowest BCUT2D eigenvalue weighted by molar-refractivity contribution is 0.0694. The molecule has 42 heavy (non-hydrogen) atoms. The molecular formula is C25H28FN3O10P2S. The summed E-state index contributed by atoms with van der Waals surface area (Å²) in [5.41, 5.74) is -0.223. The zero-order valence-corrected chi connectivity index (χ0v) is 24.8. The Morgan fingerprint density at radius 3 is 2.17 bits per heavy atom. The maximum absolute atomic E-state index is 15.2. The molecule has 0 atom stereocenters. The number of hydrogen-bond donors (Lipinski definition) is 5. The molecule has 3 aromatic rings. The highest BCUT2D eigenvalue weighted by Crippen LogP contribution is 2.60. The van der Waals surface area contributed by atoms with Gasteiger partial charge in [0.15, 0.2) is 5.40 Å². The number of fused-ring (bicyclic) bond motifs is 1. The quantitative estimate of drug-likeness (QED) is 0.178. The molecule has 1 aliphatic rings. The number of piperazine rings is 1. The minimum atomic E-state index is -5.06. The van der Waals surface area contributed by atoms with E-state index in [-0.39, 0.29) is 21.8 Å². The number of anilines is 1. The molecule has 0 bridgehead atoms. The van der Waals surface area contributed by atoms with Crippen LogP contribution < -0.4 is 15.1 Å². The number of ether oxygens (including phenoxy) is 1. The summed E-state index contributed by atoms with van der Waals surface area (Å²) in [5, 5.41) is 7.30. The number of benzene rings is 2. The highest BCUT2D eigenvalue weighted by Gasteiger charge is 2.43. The van der Waals surface area contributed by atoms with E-state index in [0.29, 0.717) is 44.0 Å². The fourth-order valence-electron chi connectivity index (χ4n) is 4.69. The van der Waals surface area contributed by atoms with E-state index < -0.39 is 49.8 Å². The molecule has 0 amide bonds. The summed E-state index contributed by atoms with van der Waals surface area (Å²) >= 11 is 5.40. The summed E-state index contributed by atoms with van der Waals surface area (Å²) in [6.45, 7) is 3.63. The van der Waals surface area contributed by atoms with Crippen LogP contribution in [-0.4, -0.2) is 76.9 Å². The molecule has 2 aromatic carbocycles. The number of carboxylic acids is 1. The SMILES string of the molecule is CCn1cc(C(=O)O)c(=O)c2cc(F)c(N3CCN(C(=S)Oc4ccc(CC(P(=O)(O)O)P(=O)(O)O)cc4)CC3)cc21. The average Bonchev–Trinajstić information content (AvgIpc) is 2.91. The molecule has 226 valence electrons. The van der Waals surface area contributed by atoms with Crippen LogP contribution in [0.5, 0.6) is 5.75 Å². The van der Waals surface area contributed by atoms with Gasteiger partial charge < -0.3 is 43.8 Å². The zero-order chi connectivity index (χ0) is 31.0. The van der Waals surface area contributed by atoms with Gasteiger partial charge in [-0.05, 0) is 55.4 Å². The van der Waals surface area contributed by atoms with Crippen LogP contribution in [0.1, 0.15) is 22.8 Å². The number of pyridine rings is 1. The lowest BCUT2D eigenvalue weighted by atomic mass is 10.1. The number of halogens is 1. The second kappa shape index (κ2) is 12.2. The number of thiocarbonyl (C=S) groups is 1. The summed E-state index contributed by atoms with van der Waals surface area (Å²) in [7, 11) is -10.1. The van der Waals surface area contributed by atoms with Crippen molar-refractivity contribution in [2.24, 2.45) is 0 Å². The zero-order valence-electron chi connectivity index (χ0n) is 22.2. The van der Waals surface area contributed by atoms with Gasteiger partial charge in [0.2, 0.25) is 5.43 Å². The van der Waals surface area contributed by atoms with Gasteiger partial charge in [-0.25, -0.2) is 9.18 Å². The molecule has 1 aliphatic heterocycles. The van der Waals surface area contributed by atoms with Crippen LogP contribution in [0.15, 0.2) is 47.4 Å². The molecule has 0 saturated carbocycles. The number of aromatic nitrogens is 1. The largest absolute Gasteiger partial charge is 0.477 e. The molecule has 1 saturated heterocycles. The first-order valence-electron chi connectivity index (χ1n) is 12.6. The first kappa shape index (κ1) is 31.8. The van der Waals surface area contributed by atoms with Crippen molar-refractivity contribution in [3.05, 3.63) is 69.8 Å². The van der Waals surface area contributed by atoms with Crippen molar-refractivity contribution >= 4 is 55.1 Å². The lowest BCUT2D eigenvalue weighted by Gasteiger charge is -2.37. The number of nitrogens with zero attached hydrogens (tertiary/aromatic N) is 3. The fraction of sp³-hybridized carbons (Fsp3) is 0.320. The van der Waals surface area contributed by atoms with Gasteiger partial charge in [0.1, 0.15) is 17.1 Å². The Morgan fingerprint density at radius 2 is 1.64 bits per heavy atom. The van der Waals surface area contributed by atoms with Crippen LogP contribution in [0.4, 0.5) is 10.1 Å². The molecule has 1 fully saturated rings. The summed E-state index contributed by atoms with van der Waals surface area (Å²) in [5.74, 6) is -1.74. The molecule has 0 spiro atoms. The third-order valence-corrected chi connectivity index (χ3v) is 11.0. The van der Waals surface area contributed by atoms with Gasteiger partial charge in [-0.15, -0.1) is 0 Å². The average molecular weight is 644 g/mol. The third kappa shape index (κ3) is 6.90. The molecule has 5 N–H and O–H groups in total. The number of rotatable bonds is 8. The Balaban J connectivity index is 1.42. The first-order chi connectivity index (χ1) is 19.6. The van der Waals surface area contributed by atoms with Crippen LogP contribution in [0, 0.1) is 5.82 Å². The van der Waals surface area contributed by atoms with Crippen LogP contribution in [0.3, 0.4) is 0 Å². The van der Waals surface area contributed by atoms with Crippen LogP contribution in [0.25, 0.3) is 10.9 Å². The second-order valence-electron chi connectivity index (χ2n) is 9.63. The maximum atomic E-state index is 15.2. The van der Waals surface area contributed by atoms with Gasteiger partial charge in [0, 0.05) is 44.3 Å². The van der Waals surface area contributed by atoms with E-state index in [1.54, 1.807) is 21.3 Å². The van der Waals surface area contributed by atoms with E-state index in [1.165, 1.54) is 36.5 Å². The Hall–Kier alpha value is -3.16. The van der Waals surface area contributed by atoms with Crippen molar-refractivity contribution in [2.75, 3.05) is 31.1 Å². The molecule has 2 heterocycles. The number of aryl methyl sites for hydroxylation is 1. The van der Waals surface area contributed by atoms with Crippen molar-refractivity contribution in [3.63, 3.8) is 0 Å². The predicted molar refractivity (Wildman–Crippen MR) is 156 cm³/mol. The highest BCUT2D eigenvalue weighted by molar-refractivity contribution is 7.80. The van der Waals surface area contributed by atoms with Crippen LogP contribution in [0.2, 0.25) is 0 Å². The van der Waals surface area contributed by atoms with E-state index in [0.717, 1.165) is 6.07 Å². The van der Waals surface area contributed by atoms with E-state index in [2.05, 4.69) is 0 Å². The molecule has 13 nitrogen and oxygen atoms in total. The molecule has 1 aromatic heterocycles. The van der Waals surface area contributed by atoms with E-state index >= 15 is 4.39 Å². The van der Waals surface area contributed by atoms with Crippen molar-refractivity contribution in [1.29, 1.82) is 0 Å². The summed E-state index contributed by atoms with van der Waals surface area (Å²) in [6, 6.07) is 8.37. The highest BCUT2D eigenvalue weighted by atomic mass is 32.1. The van der Waals surface area contributed by atoms with Gasteiger partial charge in [-0.3, -0.25) is 13.9 Å². The minimum Gasteiger partial charge on any atom is -0.477 e. The normalized spacial score (nSPS) is 14.5. The van der Waals surface area contributed by atoms with Gasteiger partial charge in [-0.2, -0.15) is 0 Å². The van der Waals surface area contributed by atoms with Crippen molar-refractivity contribution in [2.45, 2.75) is 25.3 Å². The Kier molecular flexibility index (Phi) is 9.24. The molecule has 4 rings (SSSR count). The molecular weight excluding hydrogens is 615 g/mol. The number of carboxylic acid groups (broad SMARTS) is 1. The molecule has 17 heteroatoms. The Labute approximate surface area is 244 Å². The van der Waals surface area contributed by atoms with Gasteiger partial charge in [0.05, 0.1) is 11.2 Å². The Morgan fingerprint density at radius 1 is 1.05 bits per heavy atom.